The molecule has 0 aliphatic rings. The molecular formula is C16H25NO2. The maximum absolute atomic E-state index is 11.9. The number of hydrogen-bond donors (Lipinski definition) is 1. The summed E-state index contributed by atoms with van der Waals surface area (Å²) in [4.78, 5) is 11.9. The van der Waals surface area contributed by atoms with Gasteiger partial charge in [-0.25, -0.2) is 0 Å². The van der Waals surface area contributed by atoms with E-state index in [4.69, 9.17) is 4.74 Å². The minimum Gasteiger partial charge on any atom is -0.497 e. The van der Waals surface area contributed by atoms with Crippen LogP contribution in [0.4, 0.5) is 0 Å². The largest absolute Gasteiger partial charge is 0.497 e. The molecule has 19 heavy (non-hydrogen) atoms. The van der Waals surface area contributed by atoms with Crippen LogP contribution in [0.25, 0.3) is 0 Å². The normalized spacial score (nSPS) is 11.2. The van der Waals surface area contributed by atoms with Gasteiger partial charge in [-0.3, -0.25) is 4.79 Å². The van der Waals surface area contributed by atoms with Crippen LogP contribution in [0.2, 0.25) is 0 Å². The van der Waals surface area contributed by atoms with Gasteiger partial charge in [-0.15, -0.1) is 0 Å². The zero-order valence-electron chi connectivity index (χ0n) is 12.5. The summed E-state index contributed by atoms with van der Waals surface area (Å²) in [6.45, 7) is 6.27. The van der Waals surface area contributed by atoms with Crippen molar-refractivity contribution in [2.75, 3.05) is 7.11 Å². The molecule has 1 amide bonds. The van der Waals surface area contributed by atoms with Crippen molar-refractivity contribution >= 4 is 5.91 Å². The summed E-state index contributed by atoms with van der Waals surface area (Å²) in [5.74, 6) is 0.950. The predicted molar refractivity (Wildman–Crippen MR) is 78.4 cm³/mol. The number of methoxy groups -OCH3 is 1. The second kappa shape index (κ2) is 7.17. The van der Waals surface area contributed by atoms with Crippen molar-refractivity contribution in [2.24, 2.45) is 0 Å². The standard InChI is InChI=1S/C16H25NO2/c1-5-11-16(2,3)17-15(18)10-9-13-7-6-8-14(12-13)19-4/h6-8,12H,5,9-11H2,1-4H3,(H,17,18). The van der Waals surface area contributed by atoms with E-state index in [0.717, 1.165) is 30.6 Å². The SMILES string of the molecule is CCCC(C)(C)NC(=O)CCc1cccc(OC)c1. The summed E-state index contributed by atoms with van der Waals surface area (Å²) in [6, 6.07) is 7.86. The van der Waals surface area contributed by atoms with Crippen LogP contribution in [0.3, 0.4) is 0 Å². The molecule has 1 aromatic carbocycles. The number of carbonyl (C=O) groups is 1. The van der Waals surface area contributed by atoms with Gasteiger partial charge >= 0.3 is 0 Å². The molecule has 0 saturated carbocycles. The van der Waals surface area contributed by atoms with E-state index in [0.29, 0.717) is 6.42 Å². The third-order valence-corrected chi connectivity index (χ3v) is 3.13. The Morgan fingerprint density at radius 2 is 2.11 bits per heavy atom. The first kappa shape index (κ1) is 15.5. The van der Waals surface area contributed by atoms with Gasteiger partial charge in [-0.1, -0.05) is 25.5 Å². The van der Waals surface area contributed by atoms with Crippen LogP contribution in [-0.4, -0.2) is 18.6 Å². The number of nitrogens with one attached hydrogen (secondary N) is 1. The molecule has 0 radical (unpaired) electrons. The van der Waals surface area contributed by atoms with Gasteiger partial charge in [-0.2, -0.15) is 0 Å². The Labute approximate surface area is 116 Å². The topological polar surface area (TPSA) is 38.3 Å². The Morgan fingerprint density at radius 3 is 2.74 bits per heavy atom. The van der Waals surface area contributed by atoms with E-state index in [9.17, 15) is 4.79 Å². The molecule has 106 valence electrons. The molecule has 0 bridgehead atoms. The lowest BCUT2D eigenvalue weighted by atomic mass is 9.98. The first-order valence-corrected chi connectivity index (χ1v) is 6.91. The monoisotopic (exact) mass is 263 g/mol. The minimum atomic E-state index is -0.111. The summed E-state index contributed by atoms with van der Waals surface area (Å²) in [7, 11) is 1.65. The van der Waals surface area contributed by atoms with Gasteiger partial charge in [0.15, 0.2) is 0 Å². The minimum absolute atomic E-state index is 0.111. The molecule has 1 N–H and O–H groups in total. The fourth-order valence-corrected chi connectivity index (χ4v) is 2.21. The molecule has 0 spiro atoms. The molecule has 0 saturated heterocycles. The third kappa shape index (κ3) is 5.77. The van der Waals surface area contributed by atoms with Crippen molar-refractivity contribution in [2.45, 2.75) is 52.0 Å². The number of ether oxygens (including phenoxy) is 1. The Bertz CT molecular complexity index is 413. The number of carbonyl (C=O) groups excluding carboxylic acids is 1. The average molecular weight is 263 g/mol. The van der Waals surface area contributed by atoms with Crippen molar-refractivity contribution in [1.82, 2.24) is 5.32 Å². The van der Waals surface area contributed by atoms with Crippen molar-refractivity contribution in [3.05, 3.63) is 29.8 Å². The van der Waals surface area contributed by atoms with E-state index >= 15 is 0 Å². The summed E-state index contributed by atoms with van der Waals surface area (Å²) >= 11 is 0. The number of hydrogen-bond acceptors (Lipinski definition) is 2. The first-order chi connectivity index (χ1) is 8.96. The zero-order valence-corrected chi connectivity index (χ0v) is 12.5. The van der Waals surface area contributed by atoms with Crippen molar-refractivity contribution in [3.63, 3.8) is 0 Å². The highest BCUT2D eigenvalue weighted by molar-refractivity contribution is 5.77. The molecule has 0 unspecified atom stereocenters. The van der Waals surface area contributed by atoms with Crippen LogP contribution in [0, 0.1) is 0 Å². The molecular weight excluding hydrogens is 238 g/mol. The fraction of sp³-hybridized carbons (Fsp3) is 0.562. The van der Waals surface area contributed by atoms with Gasteiger partial charge in [0.05, 0.1) is 7.11 Å². The van der Waals surface area contributed by atoms with Crippen LogP contribution < -0.4 is 10.1 Å². The third-order valence-electron chi connectivity index (χ3n) is 3.13. The van der Waals surface area contributed by atoms with Gasteiger partial charge in [0.1, 0.15) is 5.75 Å². The Hall–Kier alpha value is -1.51. The quantitative estimate of drug-likeness (QED) is 0.819. The molecule has 1 aromatic rings. The average Bonchev–Trinajstić information content (AvgIpc) is 2.36. The molecule has 0 aromatic heterocycles. The zero-order chi connectivity index (χ0) is 14.3. The van der Waals surface area contributed by atoms with E-state index in [1.54, 1.807) is 7.11 Å². The highest BCUT2D eigenvalue weighted by Crippen LogP contribution is 2.15. The molecule has 3 nitrogen and oxygen atoms in total. The summed E-state index contributed by atoms with van der Waals surface area (Å²) in [5, 5.41) is 3.09. The Balaban J connectivity index is 2.45. The van der Waals surface area contributed by atoms with Gasteiger partial charge < -0.3 is 10.1 Å². The maximum atomic E-state index is 11.9. The molecule has 0 fully saturated rings. The molecule has 0 aliphatic heterocycles. The van der Waals surface area contributed by atoms with E-state index in [-0.39, 0.29) is 11.4 Å². The van der Waals surface area contributed by atoms with Gasteiger partial charge in [0, 0.05) is 12.0 Å². The lowest BCUT2D eigenvalue weighted by Gasteiger charge is -2.25. The van der Waals surface area contributed by atoms with E-state index < -0.39 is 0 Å². The van der Waals surface area contributed by atoms with Crippen LogP contribution >= 0.6 is 0 Å². The van der Waals surface area contributed by atoms with Crippen LogP contribution in [-0.2, 0) is 11.2 Å². The Morgan fingerprint density at radius 1 is 1.37 bits per heavy atom. The van der Waals surface area contributed by atoms with Crippen LogP contribution in [0.15, 0.2) is 24.3 Å². The summed E-state index contributed by atoms with van der Waals surface area (Å²) in [6.07, 6.45) is 3.33. The second-order valence-electron chi connectivity index (χ2n) is 5.53. The molecule has 0 atom stereocenters. The Kier molecular flexibility index (Phi) is 5.87. The molecule has 0 aliphatic carbocycles. The van der Waals surface area contributed by atoms with Crippen LogP contribution in [0.5, 0.6) is 5.75 Å². The number of benzene rings is 1. The summed E-state index contributed by atoms with van der Waals surface area (Å²) < 4.78 is 5.17. The highest BCUT2D eigenvalue weighted by atomic mass is 16.5. The van der Waals surface area contributed by atoms with Crippen LogP contribution in [0.1, 0.15) is 45.6 Å². The van der Waals surface area contributed by atoms with Crippen molar-refractivity contribution in [3.8, 4) is 5.75 Å². The number of aryl methyl sites for hydroxylation is 1. The highest BCUT2D eigenvalue weighted by Gasteiger charge is 2.18. The summed E-state index contributed by atoms with van der Waals surface area (Å²) in [5.41, 5.74) is 1.02. The predicted octanol–water partition coefficient (Wildman–Crippen LogP) is 3.32. The van der Waals surface area contributed by atoms with Gasteiger partial charge in [-0.05, 0) is 44.4 Å². The van der Waals surface area contributed by atoms with Gasteiger partial charge in [0.2, 0.25) is 5.91 Å². The van der Waals surface area contributed by atoms with Crippen molar-refractivity contribution in [1.29, 1.82) is 0 Å². The van der Waals surface area contributed by atoms with Crippen molar-refractivity contribution < 1.29 is 9.53 Å². The smallest absolute Gasteiger partial charge is 0.220 e. The van der Waals surface area contributed by atoms with Gasteiger partial charge in [0.25, 0.3) is 0 Å². The van der Waals surface area contributed by atoms with E-state index in [1.165, 1.54) is 0 Å². The molecule has 3 heteroatoms. The number of rotatable bonds is 7. The lowest BCUT2D eigenvalue weighted by Crippen LogP contribution is -2.43. The first-order valence-electron chi connectivity index (χ1n) is 6.91. The van der Waals surface area contributed by atoms with E-state index in [2.05, 4.69) is 26.1 Å². The number of amides is 1. The van der Waals surface area contributed by atoms with E-state index in [1.807, 2.05) is 24.3 Å². The molecule has 1 rings (SSSR count). The molecule has 0 heterocycles. The lowest BCUT2D eigenvalue weighted by molar-refractivity contribution is -0.122. The maximum Gasteiger partial charge on any atom is 0.220 e. The fourth-order valence-electron chi connectivity index (χ4n) is 2.21. The second-order valence-corrected chi connectivity index (χ2v) is 5.53.